The summed E-state index contributed by atoms with van der Waals surface area (Å²) in [7, 11) is 0. The molecule has 21 heavy (non-hydrogen) atoms. The molecule has 116 valence electrons. The average Bonchev–Trinajstić information content (AvgIpc) is 2.46. The largest absolute Gasteiger partial charge is 0.484 e. The van der Waals surface area contributed by atoms with Crippen LogP contribution in [-0.2, 0) is 14.3 Å². The molecular weight excluding hydrogens is 296 g/mol. The van der Waals surface area contributed by atoms with Crippen LogP contribution in [0.2, 0.25) is 5.02 Å². The second-order valence-electron chi connectivity index (χ2n) is 4.39. The number of ether oxygens (including phenoxy) is 2. The third-order valence-corrected chi connectivity index (χ3v) is 3.15. The van der Waals surface area contributed by atoms with Gasteiger partial charge in [0.1, 0.15) is 12.4 Å². The fraction of sp³-hybridized carbons (Fsp3) is 0.429. The maximum absolute atomic E-state index is 11.5. The van der Waals surface area contributed by atoms with Gasteiger partial charge in [0.2, 0.25) is 0 Å². The van der Waals surface area contributed by atoms with Gasteiger partial charge in [-0.3, -0.25) is 20.4 Å². The van der Waals surface area contributed by atoms with Crippen molar-refractivity contribution >= 4 is 23.4 Å². The van der Waals surface area contributed by atoms with E-state index in [0.29, 0.717) is 17.4 Å². The Labute approximate surface area is 128 Å². The number of halogens is 1. The van der Waals surface area contributed by atoms with Crippen LogP contribution in [0.25, 0.3) is 0 Å². The Morgan fingerprint density at radius 1 is 1.10 bits per heavy atom. The van der Waals surface area contributed by atoms with Gasteiger partial charge < -0.3 is 9.47 Å². The molecule has 0 spiro atoms. The monoisotopic (exact) mass is 314 g/mol. The Hall–Kier alpha value is -1.79. The van der Waals surface area contributed by atoms with Crippen molar-refractivity contribution in [3.8, 4) is 5.75 Å². The molecule has 1 aromatic carbocycles. The molecule has 0 fully saturated rings. The lowest BCUT2D eigenvalue weighted by molar-refractivity contribution is -0.132. The summed E-state index contributed by atoms with van der Waals surface area (Å²) in [5.74, 6) is -0.348. The SMILES string of the molecule is CCOCC(=O)NNC(=O)COc1cc(C)c(Cl)c(C)c1. The Kier molecular flexibility index (Phi) is 6.98. The Bertz CT molecular complexity index is 497. The van der Waals surface area contributed by atoms with E-state index in [1.807, 2.05) is 13.8 Å². The predicted molar refractivity (Wildman–Crippen MR) is 79.2 cm³/mol. The van der Waals surface area contributed by atoms with E-state index in [9.17, 15) is 9.59 Å². The molecule has 0 unspecified atom stereocenters. The van der Waals surface area contributed by atoms with Gasteiger partial charge in [0, 0.05) is 11.6 Å². The molecule has 2 amide bonds. The van der Waals surface area contributed by atoms with Gasteiger partial charge in [-0.25, -0.2) is 0 Å². The van der Waals surface area contributed by atoms with E-state index in [-0.39, 0.29) is 13.2 Å². The highest BCUT2D eigenvalue weighted by atomic mass is 35.5. The van der Waals surface area contributed by atoms with Crippen LogP contribution in [0.15, 0.2) is 12.1 Å². The first kappa shape index (κ1) is 17.3. The summed E-state index contributed by atoms with van der Waals surface area (Å²) in [5.41, 5.74) is 6.20. The fourth-order valence-electron chi connectivity index (χ4n) is 1.54. The third-order valence-electron chi connectivity index (χ3n) is 2.56. The van der Waals surface area contributed by atoms with E-state index in [2.05, 4.69) is 10.9 Å². The van der Waals surface area contributed by atoms with Crippen molar-refractivity contribution in [3.63, 3.8) is 0 Å². The van der Waals surface area contributed by atoms with Crippen LogP contribution in [0.4, 0.5) is 0 Å². The van der Waals surface area contributed by atoms with E-state index in [0.717, 1.165) is 11.1 Å². The van der Waals surface area contributed by atoms with Gasteiger partial charge in [0.05, 0.1) is 0 Å². The minimum atomic E-state index is -0.467. The number of hydrazine groups is 1. The molecule has 0 saturated carbocycles. The van der Waals surface area contributed by atoms with Crippen molar-refractivity contribution in [1.29, 1.82) is 0 Å². The minimum absolute atomic E-state index is 0.104. The first-order valence-corrected chi connectivity index (χ1v) is 6.86. The van der Waals surface area contributed by atoms with Gasteiger partial charge in [-0.1, -0.05) is 11.6 Å². The molecule has 2 N–H and O–H groups in total. The quantitative estimate of drug-likeness (QED) is 0.781. The molecule has 0 aliphatic rings. The van der Waals surface area contributed by atoms with E-state index in [1.54, 1.807) is 19.1 Å². The normalized spacial score (nSPS) is 10.1. The second kappa shape index (κ2) is 8.49. The highest BCUT2D eigenvalue weighted by molar-refractivity contribution is 6.32. The van der Waals surface area contributed by atoms with Crippen molar-refractivity contribution in [3.05, 3.63) is 28.3 Å². The summed E-state index contributed by atoms with van der Waals surface area (Å²) in [5, 5.41) is 0.676. The molecule has 0 radical (unpaired) electrons. The lowest BCUT2D eigenvalue weighted by Gasteiger charge is -2.11. The zero-order valence-corrected chi connectivity index (χ0v) is 13.0. The smallest absolute Gasteiger partial charge is 0.276 e. The first-order chi connectivity index (χ1) is 9.93. The molecule has 0 saturated heterocycles. The van der Waals surface area contributed by atoms with Crippen LogP contribution in [0.3, 0.4) is 0 Å². The molecule has 0 atom stereocenters. The van der Waals surface area contributed by atoms with Gasteiger partial charge in [-0.2, -0.15) is 0 Å². The predicted octanol–water partition coefficient (Wildman–Crippen LogP) is 1.52. The number of rotatable bonds is 6. The summed E-state index contributed by atoms with van der Waals surface area (Å²) >= 11 is 6.04. The molecule has 6 nitrogen and oxygen atoms in total. The summed E-state index contributed by atoms with van der Waals surface area (Å²) in [6.45, 7) is 5.60. The summed E-state index contributed by atoms with van der Waals surface area (Å²) in [6.07, 6.45) is 0. The van der Waals surface area contributed by atoms with Crippen LogP contribution >= 0.6 is 11.6 Å². The van der Waals surface area contributed by atoms with Gasteiger partial charge in [0.25, 0.3) is 11.8 Å². The van der Waals surface area contributed by atoms with Crippen LogP contribution in [0.1, 0.15) is 18.1 Å². The van der Waals surface area contributed by atoms with Crippen molar-refractivity contribution in [2.45, 2.75) is 20.8 Å². The number of hydrogen-bond donors (Lipinski definition) is 2. The molecular formula is C14H19ClN2O4. The summed E-state index contributed by atoms with van der Waals surface area (Å²) in [6, 6.07) is 3.49. The average molecular weight is 315 g/mol. The van der Waals surface area contributed by atoms with Gasteiger partial charge in [-0.15, -0.1) is 0 Å². The third kappa shape index (κ3) is 6.01. The van der Waals surface area contributed by atoms with Crippen molar-refractivity contribution in [1.82, 2.24) is 10.9 Å². The summed E-state index contributed by atoms with van der Waals surface area (Å²) < 4.78 is 10.2. The molecule has 1 aromatic rings. The summed E-state index contributed by atoms with van der Waals surface area (Å²) in [4.78, 5) is 22.7. The maximum Gasteiger partial charge on any atom is 0.276 e. The second-order valence-corrected chi connectivity index (χ2v) is 4.77. The fourth-order valence-corrected chi connectivity index (χ4v) is 1.65. The lowest BCUT2D eigenvalue weighted by Crippen LogP contribution is -2.45. The van der Waals surface area contributed by atoms with E-state index in [1.165, 1.54) is 0 Å². The van der Waals surface area contributed by atoms with E-state index >= 15 is 0 Å². The van der Waals surface area contributed by atoms with Crippen LogP contribution in [0, 0.1) is 13.8 Å². The molecule has 7 heteroatoms. The lowest BCUT2D eigenvalue weighted by atomic mass is 10.1. The number of carbonyl (C=O) groups is 2. The van der Waals surface area contributed by atoms with E-state index in [4.69, 9.17) is 21.1 Å². The van der Waals surface area contributed by atoms with Crippen molar-refractivity contribution in [2.24, 2.45) is 0 Å². The van der Waals surface area contributed by atoms with Gasteiger partial charge in [0.15, 0.2) is 6.61 Å². The van der Waals surface area contributed by atoms with Crippen LogP contribution in [-0.4, -0.2) is 31.6 Å². The van der Waals surface area contributed by atoms with Crippen molar-refractivity contribution in [2.75, 3.05) is 19.8 Å². The number of hydrogen-bond acceptors (Lipinski definition) is 4. The topological polar surface area (TPSA) is 76.7 Å². The zero-order chi connectivity index (χ0) is 15.8. The molecule has 0 heterocycles. The highest BCUT2D eigenvalue weighted by Gasteiger charge is 2.07. The van der Waals surface area contributed by atoms with Crippen LogP contribution < -0.4 is 15.6 Å². The number of aryl methyl sites for hydroxylation is 2. The standard InChI is InChI=1S/C14H19ClN2O4/c1-4-20-7-12(18)16-17-13(19)8-21-11-5-9(2)14(15)10(3)6-11/h5-6H,4,7-8H2,1-3H3,(H,16,18)(H,17,19). The Morgan fingerprint density at radius 2 is 1.62 bits per heavy atom. The van der Waals surface area contributed by atoms with E-state index < -0.39 is 11.8 Å². The number of benzene rings is 1. The number of amides is 2. The zero-order valence-electron chi connectivity index (χ0n) is 12.3. The van der Waals surface area contributed by atoms with Crippen molar-refractivity contribution < 1.29 is 19.1 Å². The molecule has 0 aromatic heterocycles. The molecule has 0 bridgehead atoms. The molecule has 1 rings (SSSR count). The first-order valence-electron chi connectivity index (χ1n) is 6.49. The Morgan fingerprint density at radius 3 is 2.14 bits per heavy atom. The Balaban J connectivity index is 2.38. The van der Waals surface area contributed by atoms with Gasteiger partial charge in [-0.05, 0) is 44.0 Å². The number of carbonyl (C=O) groups excluding carboxylic acids is 2. The van der Waals surface area contributed by atoms with Gasteiger partial charge >= 0.3 is 0 Å². The van der Waals surface area contributed by atoms with Crippen LogP contribution in [0.5, 0.6) is 5.75 Å². The molecule has 0 aliphatic heterocycles. The highest BCUT2D eigenvalue weighted by Crippen LogP contribution is 2.25. The maximum atomic E-state index is 11.5. The molecule has 0 aliphatic carbocycles. The minimum Gasteiger partial charge on any atom is -0.484 e. The number of nitrogens with one attached hydrogen (secondary N) is 2.